The highest BCUT2D eigenvalue weighted by Gasteiger charge is 2.23. The molecule has 0 amide bonds. The van der Waals surface area contributed by atoms with Crippen LogP contribution in [0.1, 0.15) is 33.5 Å². The van der Waals surface area contributed by atoms with E-state index in [0.717, 1.165) is 24.2 Å². The number of nitrogen functional groups attached to an aromatic ring is 1. The van der Waals surface area contributed by atoms with Gasteiger partial charge in [0, 0.05) is 33.3 Å². The molecule has 4 aromatic rings. The Labute approximate surface area is 187 Å². The van der Waals surface area contributed by atoms with Crippen LogP contribution in [0.4, 0.5) is 5.82 Å². The van der Waals surface area contributed by atoms with Gasteiger partial charge in [0.15, 0.2) is 11.5 Å². The van der Waals surface area contributed by atoms with Gasteiger partial charge in [-0.3, -0.25) is 4.98 Å². The van der Waals surface area contributed by atoms with Crippen molar-refractivity contribution in [3.05, 3.63) is 59.5 Å². The topological polar surface area (TPSA) is 139 Å². The number of fused-ring (bicyclic) bond motifs is 1. The third-order valence-corrected chi connectivity index (χ3v) is 5.49. The molecule has 0 bridgehead atoms. The van der Waals surface area contributed by atoms with Gasteiger partial charge in [-0.25, -0.2) is 9.97 Å². The minimum Gasteiger partial charge on any atom is -0.414 e. The van der Waals surface area contributed by atoms with Crippen LogP contribution >= 0.6 is 0 Å². The van der Waals surface area contributed by atoms with Gasteiger partial charge in [0.25, 0.3) is 5.89 Å². The number of hydrogen-bond donors (Lipinski definition) is 2. The van der Waals surface area contributed by atoms with E-state index >= 15 is 0 Å². The van der Waals surface area contributed by atoms with E-state index in [0.29, 0.717) is 23.0 Å². The van der Waals surface area contributed by atoms with Crippen LogP contribution in [0.15, 0.2) is 47.1 Å². The average Bonchev–Trinajstić information content (AvgIpc) is 3.49. The zero-order chi connectivity index (χ0) is 22.3. The van der Waals surface area contributed by atoms with Crippen molar-refractivity contribution < 1.29 is 7.27 Å². The van der Waals surface area contributed by atoms with Crippen molar-refractivity contribution in [3.8, 4) is 40.4 Å². The maximum absolute atomic E-state index is 9.42. The predicted octanol–water partition coefficient (Wildman–Crippen LogP) is 3.73. The summed E-state index contributed by atoms with van der Waals surface area (Å²) in [6, 6.07) is 12.0. The van der Waals surface area contributed by atoms with Crippen LogP contribution in [0.25, 0.3) is 34.3 Å². The summed E-state index contributed by atoms with van der Waals surface area (Å²) in [4.78, 5) is 13.2. The number of benzene rings is 1. The van der Waals surface area contributed by atoms with Gasteiger partial charge in [-0.2, -0.15) is 5.26 Å². The molecule has 3 aromatic heterocycles. The normalized spacial score (nSPS) is 13.0. The third kappa shape index (κ3) is 3.46. The smallest absolute Gasteiger partial charge is 0.270 e. The second kappa shape index (κ2) is 7.51. The molecular formula is C23H24N8O. The van der Waals surface area contributed by atoms with Crippen LogP contribution in [0.2, 0.25) is 0 Å². The van der Waals surface area contributed by atoms with Gasteiger partial charge in [0.05, 0.1) is 29.1 Å². The van der Waals surface area contributed by atoms with Gasteiger partial charge >= 0.3 is 0 Å². The lowest BCUT2D eigenvalue weighted by atomic mass is 9.90. The van der Waals surface area contributed by atoms with Gasteiger partial charge in [-0.05, 0) is 49.2 Å². The van der Waals surface area contributed by atoms with E-state index in [1.165, 1.54) is 11.1 Å². The summed E-state index contributed by atoms with van der Waals surface area (Å²) in [5.41, 5.74) is 11.0. The summed E-state index contributed by atoms with van der Waals surface area (Å²) in [6.45, 7) is 5.31. The van der Waals surface area contributed by atoms with Gasteiger partial charge in [-0.1, -0.05) is 6.07 Å². The van der Waals surface area contributed by atoms with Gasteiger partial charge < -0.3 is 15.5 Å². The molecule has 0 radical (unpaired) electrons. The molecule has 0 saturated carbocycles. The maximum atomic E-state index is 9.42. The first-order valence-corrected chi connectivity index (χ1v) is 10.1. The van der Waals surface area contributed by atoms with Crippen LogP contribution in [-0.4, -0.2) is 25.1 Å². The first kappa shape index (κ1) is 19.8. The van der Waals surface area contributed by atoms with E-state index in [9.17, 15) is 5.26 Å². The second-order valence-electron chi connectivity index (χ2n) is 8.16. The van der Waals surface area contributed by atoms with Gasteiger partial charge in [0.1, 0.15) is 0 Å². The number of nitrogens with two attached hydrogens (primary N) is 1. The Hall–Kier alpha value is -4.16. The van der Waals surface area contributed by atoms with Crippen molar-refractivity contribution in [3.63, 3.8) is 0 Å². The van der Waals surface area contributed by atoms with Crippen LogP contribution < -0.4 is 11.1 Å². The molecule has 162 valence electrons. The maximum Gasteiger partial charge on any atom is 0.270 e. The average molecular weight is 429 g/mol. The van der Waals surface area contributed by atoms with E-state index < -0.39 is 5.41 Å². The summed E-state index contributed by atoms with van der Waals surface area (Å²) in [5.74, 6) is 0.772. The monoisotopic (exact) mass is 428 g/mol. The molecule has 3 N–H and O–H groups in total. The number of pyridine rings is 1. The molecule has 5 rings (SSSR count). The molecule has 0 saturated heterocycles. The molecule has 0 atom stereocenters. The van der Waals surface area contributed by atoms with E-state index in [1.54, 1.807) is 18.5 Å². The Bertz CT molecular complexity index is 1380. The van der Waals surface area contributed by atoms with E-state index in [-0.39, 0.29) is 14.6 Å². The van der Waals surface area contributed by atoms with Crippen LogP contribution in [0.5, 0.6) is 0 Å². The predicted molar refractivity (Wildman–Crippen MR) is 122 cm³/mol. The summed E-state index contributed by atoms with van der Waals surface area (Å²) in [6.07, 6.45) is 3.22. The molecule has 0 aliphatic carbocycles. The highest BCUT2D eigenvalue weighted by molar-refractivity contribution is 5.69. The SMILES string of the molecule is CC(C)(C#N)c1cc(-c2cnc(N)c(-c3nnc(-c4ccc5c(c4)CNC5)o3)n2)ccn1.[HH].[HH]. The quantitative estimate of drug-likeness (QED) is 0.497. The standard InChI is InChI=1S/C23H20N8O.2H2/c1-23(2,12-24)18-8-13(5-6-27-18)17-11-28-20(25)19(29-17)22-31-30-21(32-22)14-3-4-15-9-26-10-16(15)7-14;;/h3-8,11,26H,9-10H2,1-2H3,(H2,25,28);2*1H. The lowest BCUT2D eigenvalue weighted by molar-refractivity contribution is 0.582. The zero-order valence-corrected chi connectivity index (χ0v) is 17.6. The minimum absolute atomic E-state index is 0. The van der Waals surface area contributed by atoms with Gasteiger partial charge in [-0.15, -0.1) is 10.2 Å². The van der Waals surface area contributed by atoms with Crippen molar-refractivity contribution in [1.29, 1.82) is 5.26 Å². The number of nitrogens with zero attached hydrogens (tertiary/aromatic N) is 6. The molecule has 0 fully saturated rings. The number of hydrogen-bond acceptors (Lipinski definition) is 9. The Kier molecular flexibility index (Phi) is 4.64. The summed E-state index contributed by atoms with van der Waals surface area (Å²) in [5, 5.41) is 21.1. The second-order valence-corrected chi connectivity index (χ2v) is 8.16. The lowest BCUT2D eigenvalue weighted by Gasteiger charge is -2.15. The number of rotatable bonds is 4. The number of aromatic nitrogens is 5. The fraction of sp³-hybridized carbons (Fsp3) is 0.217. The van der Waals surface area contributed by atoms with Crippen LogP contribution in [-0.2, 0) is 18.5 Å². The zero-order valence-electron chi connectivity index (χ0n) is 17.6. The molecule has 4 heterocycles. The lowest BCUT2D eigenvalue weighted by Crippen LogP contribution is -2.15. The first-order valence-electron chi connectivity index (χ1n) is 10.1. The van der Waals surface area contributed by atoms with Crippen molar-refractivity contribution in [2.24, 2.45) is 0 Å². The highest BCUT2D eigenvalue weighted by atomic mass is 16.4. The molecule has 0 spiro atoms. The minimum atomic E-state index is -0.729. The van der Waals surface area contributed by atoms with Crippen LogP contribution in [0, 0.1) is 11.3 Å². The Morgan fingerprint density at radius 3 is 2.72 bits per heavy atom. The molecule has 0 unspecified atom stereocenters. The van der Waals surface area contributed by atoms with Crippen LogP contribution in [0.3, 0.4) is 0 Å². The molecule has 9 nitrogen and oxygen atoms in total. The Balaban J connectivity index is 0.00000162. The molecule has 1 aliphatic heterocycles. The fourth-order valence-electron chi connectivity index (χ4n) is 3.55. The van der Waals surface area contributed by atoms with Crippen molar-refractivity contribution >= 4 is 5.82 Å². The van der Waals surface area contributed by atoms with Crippen molar-refractivity contribution in [1.82, 2.24) is 30.5 Å². The first-order chi connectivity index (χ1) is 15.4. The molecule has 1 aliphatic rings. The van der Waals surface area contributed by atoms with Crippen molar-refractivity contribution in [2.75, 3.05) is 5.73 Å². The molecule has 1 aromatic carbocycles. The summed E-state index contributed by atoms with van der Waals surface area (Å²) < 4.78 is 5.90. The molecule has 32 heavy (non-hydrogen) atoms. The van der Waals surface area contributed by atoms with Gasteiger partial charge in [0.2, 0.25) is 5.89 Å². The number of nitriles is 1. The summed E-state index contributed by atoms with van der Waals surface area (Å²) in [7, 11) is 0. The van der Waals surface area contributed by atoms with E-state index in [2.05, 4.69) is 42.6 Å². The van der Waals surface area contributed by atoms with E-state index in [1.807, 2.05) is 32.0 Å². The van der Waals surface area contributed by atoms with E-state index in [4.69, 9.17) is 10.2 Å². The fourth-order valence-corrected chi connectivity index (χ4v) is 3.55. The molecular weight excluding hydrogens is 404 g/mol. The highest BCUT2D eigenvalue weighted by Crippen LogP contribution is 2.30. The third-order valence-electron chi connectivity index (χ3n) is 5.49. The Morgan fingerprint density at radius 1 is 1.06 bits per heavy atom. The van der Waals surface area contributed by atoms with Crippen molar-refractivity contribution in [2.45, 2.75) is 32.4 Å². The number of anilines is 1. The summed E-state index contributed by atoms with van der Waals surface area (Å²) >= 11 is 0. The molecule has 9 heteroatoms. The largest absolute Gasteiger partial charge is 0.414 e. The number of nitrogens with one attached hydrogen (secondary N) is 1. The Morgan fingerprint density at radius 2 is 1.88 bits per heavy atom.